The number of carbonyl (C=O) groups excluding carboxylic acids is 2. The predicted molar refractivity (Wildman–Crippen MR) is 97.6 cm³/mol. The number of rotatable bonds is 4. The lowest BCUT2D eigenvalue weighted by Crippen LogP contribution is -2.29. The average Bonchev–Trinajstić information content (AvgIpc) is 2.60. The Balaban J connectivity index is 1.66. The van der Waals surface area contributed by atoms with Gasteiger partial charge in [-0.15, -0.1) is 11.8 Å². The van der Waals surface area contributed by atoms with Crippen LogP contribution < -0.4 is 10.6 Å². The van der Waals surface area contributed by atoms with Crippen LogP contribution in [0.15, 0.2) is 53.4 Å². The fourth-order valence-corrected chi connectivity index (χ4v) is 3.53. The molecule has 5 heteroatoms. The first-order valence-electron chi connectivity index (χ1n) is 7.99. The number of hydrogen-bond donors (Lipinski definition) is 2. The molecule has 2 aromatic rings. The third-order valence-electron chi connectivity index (χ3n) is 4.11. The van der Waals surface area contributed by atoms with Crippen LogP contribution in [0, 0.1) is 0 Å². The number of thioether (sulfide) groups is 1. The van der Waals surface area contributed by atoms with Gasteiger partial charge in [-0.25, -0.2) is 0 Å². The average molecular weight is 340 g/mol. The third kappa shape index (κ3) is 3.62. The fraction of sp³-hybridized carbons (Fsp3) is 0.263. The van der Waals surface area contributed by atoms with Crippen LogP contribution in [0.3, 0.4) is 0 Å². The van der Waals surface area contributed by atoms with Gasteiger partial charge in [-0.3, -0.25) is 9.59 Å². The summed E-state index contributed by atoms with van der Waals surface area (Å²) in [6.45, 7) is 4.52. The molecule has 1 aliphatic rings. The normalized spacial score (nSPS) is 17.6. The van der Waals surface area contributed by atoms with Crippen molar-refractivity contribution in [3.8, 4) is 0 Å². The molecular weight excluding hydrogens is 320 g/mol. The summed E-state index contributed by atoms with van der Waals surface area (Å²) in [5, 5.41) is 5.71. The largest absolute Gasteiger partial charge is 0.351 e. The van der Waals surface area contributed by atoms with Gasteiger partial charge in [-0.1, -0.05) is 37.3 Å². The van der Waals surface area contributed by atoms with E-state index in [2.05, 4.69) is 29.7 Å². The minimum atomic E-state index is -0.126. The van der Waals surface area contributed by atoms with Gasteiger partial charge in [0.1, 0.15) is 0 Å². The van der Waals surface area contributed by atoms with Crippen molar-refractivity contribution in [2.24, 2.45) is 0 Å². The zero-order valence-electron chi connectivity index (χ0n) is 13.7. The van der Waals surface area contributed by atoms with Crippen molar-refractivity contribution in [2.45, 2.75) is 29.9 Å². The highest BCUT2D eigenvalue weighted by Crippen LogP contribution is 2.35. The van der Waals surface area contributed by atoms with Crippen molar-refractivity contribution in [1.82, 2.24) is 5.32 Å². The summed E-state index contributed by atoms with van der Waals surface area (Å²) in [5.41, 5.74) is 2.47. The number of fused-ring (bicyclic) bond motifs is 1. The van der Waals surface area contributed by atoms with Crippen LogP contribution in [0.1, 0.15) is 35.7 Å². The molecule has 24 heavy (non-hydrogen) atoms. The van der Waals surface area contributed by atoms with Gasteiger partial charge in [0.05, 0.1) is 10.9 Å². The highest BCUT2D eigenvalue weighted by atomic mass is 32.2. The molecule has 0 aromatic heterocycles. The Kier molecular flexibility index (Phi) is 4.90. The van der Waals surface area contributed by atoms with Gasteiger partial charge < -0.3 is 10.6 Å². The monoisotopic (exact) mass is 340 g/mol. The van der Waals surface area contributed by atoms with Gasteiger partial charge >= 0.3 is 0 Å². The minimum Gasteiger partial charge on any atom is -0.351 e. The minimum absolute atomic E-state index is 0.0252. The Morgan fingerprint density at radius 2 is 2.00 bits per heavy atom. The number of amides is 2. The Morgan fingerprint density at radius 1 is 1.25 bits per heavy atom. The molecule has 2 amide bonds. The van der Waals surface area contributed by atoms with E-state index in [1.54, 1.807) is 12.1 Å². The Morgan fingerprint density at radius 3 is 2.75 bits per heavy atom. The maximum Gasteiger partial charge on any atom is 0.251 e. The van der Waals surface area contributed by atoms with Crippen LogP contribution in [0.2, 0.25) is 0 Å². The molecule has 1 aliphatic heterocycles. The fourth-order valence-electron chi connectivity index (χ4n) is 2.60. The van der Waals surface area contributed by atoms with E-state index in [-0.39, 0.29) is 23.0 Å². The maximum absolute atomic E-state index is 12.4. The van der Waals surface area contributed by atoms with Crippen LogP contribution in [0.25, 0.3) is 0 Å². The highest BCUT2D eigenvalue weighted by Gasteiger charge is 2.23. The number of anilines is 1. The van der Waals surface area contributed by atoms with E-state index >= 15 is 0 Å². The molecule has 0 spiro atoms. The van der Waals surface area contributed by atoms with Gasteiger partial charge in [0, 0.05) is 17.0 Å². The molecule has 2 aromatic carbocycles. The second-order valence-electron chi connectivity index (χ2n) is 5.98. The SMILES string of the molecule is CC1Sc2ccc(C(=O)NCC(C)c3ccccc3)cc2NC1=O. The Bertz CT molecular complexity index is 761. The molecule has 2 atom stereocenters. The lowest BCUT2D eigenvalue weighted by atomic mass is 10.0. The Hall–Kier alpha value is -2.27. The van der Waals surface area contributed by atoms with Crippen LogP contribution in [0.5, 0.6) is 0 Å². The standard InChI is InChI=1S/C19H20N2O2S/c1-12(14-6-4-3-5-7-14)11-20-19(23)15-8-9-17-16(10-15)21-18(22)13(2)24-17/h3-10,12-13H,11H2,1-2H3,(H,20,23)(H,21,22). The molecule has 3 rings (SSSR count). The van der Waals surface area contributed by atoms with Crippen molar-refractivity contribution < 1.29 is 9.59 Å². The molecule has 124 valence electrons. The number of hydrogen-bond acceptors (Lipinski definition) is 3. The second-order valence-corrected chi connectivity index (χ2v) is 7.36. The van der Waals surface area contributed by atoms with E-state index in [9.17, 15) is 9.59 Å². The van der Waals surface area contributed by atoms with E-state index in [0.29, 0.717) is 17.8 Å². The molecule has 0 bridgehead atoms. The van der Waals surface area contributed by atoms with Gasteiger partial charge in [-0.05, 0) is 36.6 Å². The van der Waals surface area contributed by atoms with Crippen LogP contribution in [-0.4, -0.2) is 23.6 Å². The van der Waals surface area contributed by atoms with E-state index in [1.165, 1.54) is 17.3 Å². The van der Waals surface area contributed by atoms with E-state index in [4.69, 9.17) is 0 Å². The zero-order chi connectivity index (χ0) is 17.1. The molecule has 2 N–H and O–H groups in total. The molecule has 0 saturated carbocycles. The molecule has 0 aliphatic carbocycles. The van der Waals surface area contributed by atoms with Gasteiger partial charge in [0.15, 0.2) is 0 Å². The summed E-state index contributed by atoms with van der Waals surface area (Å²) in [6.07, 6.45) is 0. The lowest BCUT2D eigenvalue weighted by molar-refractivity contribution is -0.115. The first kappa shape index (κ1) is 16.6. The van der Waals surface area contributed by atoms with Gasteiger partial charge in [-0.2, -0.15) is 0 Å². The molecule has 2 unspecified atom stereocenters. The van der Waals surface area contributed by atoms with E-state index in [1.807, 2.05) is 31.2 Å². The highest BCUT2D eigenvalue weighted by molar-refractivity contribution is 8.00. The number of nitrogens with one attached hydrogen (secondary N) is 2. The van der Waals surface area contributed by atoms with Gasteiger partial charge in [0.25, 0.3) is 5.91 Å². The molecule has 0 radical (unpaired) electrons. The maximum atomic E-state index is 12.4. The summed E-state index contributed by atoms with van der Waals surface area (Å²) in [7, 11) is 0. The molecule has 4 nitrogen and oxygen atoms in total. The van der Waals surface area contributed by atoms with Crippen LogP contribution in [0.4, 0.5) is 5.69 Å². The lowest BCUT2D eigenvalue weighted by Gasteiger charge is -2.22. The zero-order valence-corrected chi connectivity index (χ0v) is 14.5. The van der Waals surface area contributed by atoms with Crippen molar-refractivity contribution in [3.05, 3.63) is 59.7 Å². The summed E-state index contributed by atoms with van der Waals surface area (Å²) < 4.78 is 0. The molecule has 0 fully saturated rings. The molecule has 0 saturated heterocycles. The van der Waals surface area contributed by atoms with Crippen LogP contribution in [-0.2, 0) is 4.79 Å². The smallest absolute Gasteiger partial charge is 0.251 e. The van der Waals surface area contributed by atoms with Crippen molar-refractivity contribution in [1.29, 1.82) is 0 Å². The Labute approximate surface area is 146 Å². The summed E-state index contributed by atoms with van der Waals surface area (Å²) in [6, 6.07) is 15.5. The van der Waals surface area contributed by atoms with Crippen molar-refractivity contribution >= 4 is 29.3 Å². The number of benzene rings is 2. The van der Waals surface area contributed by atoms with Crippen LogP contribution >= 0.6 is 11.8 Å². The summed E-state index contributed by atoms with van der Waals surface area (Å²) in [5.74, 6) is 0.0881. The van der Waals surface area contributed by atoms with E-state index in [0.717, 1.165) is 4.90 Å². The number of carbonyl (C=O) groups is 2. The van der Waals surface area contributed by atoms with E-state index < -0.39 is 0 Å². The third-order valence-corrected chi connectivity index (χ3v) is 5.29. The topological polar surface area (TPSA) is 58.2 Å². The van der Waals surface area contributed by atoms with Crippen molar-refractivity contribution in [3.63, 3.8) is 0 Å². The summed E-state index contributed by atoms with van der Waals surface area (Å²) >= 11 is 1.51. The summed E-state index contributed by atoms with van der Waals surface area (Å²) in [4.78, 5) is 25.2. The first-order chi connectivity index (χ1) is 11.5. The molecule has 1 heterocycles. The first-order valence-corrected chi connectivity index (χ1v) is 8.87. The van der Waals surface area contributed by atoms with Gasteiger partial charge in [0.2, 0.25) is 5.91 Å². The predicted octanol–water partition coefficient (Wildman–Crippen LogP) is 3.65. The quantitative estimate of drug-likeness (QED) is 0.893. The van der Waals surface area contributed by atoms with Crippen molar-refractivity contribution in [2.75, 3.05) is 11.9 Å². The second kappa shape index (κ2) is 7.09. The molecular formula is C19H20N2O2S.